The number of hydrogen-bond donors (Lipinski definition) is 2. The van der Waals surface area contributed by atoms with Crippen molar-refractivity contribution in [2.45, 2.75) is 12.0 Å². The zero-order chi connectivity index (χ0) is 18.6. The van der Waals surface area contributed by atoms with Gasteiger partial charge in [-0.3, -0.25) is 9.59 Å². The lowest BCUT2D eigenvalue weighted by molar-refractivity contribution is -0.119. The van der Waals surface area contributed by atoms with E-state index in [1.807, 2.05) is 0 Å². The smallest absolute Gasteiger partial charge is 0.374 e. The molecule has 1 heterocycles. The number of ketones is 1. The van der Waals surface area contributed by atoms with E-state index in [2.05, 4.69) is 5.32 Å². The van der Waals surface area contributed by atoms with Crippen LogP contribution in [0.5, 0.6) is 0 Å². The lowest BCUT2D eigenvalue weighted by atomic mass is 10.1. The SMILES string of the molecule is CC(=O)c1cccc(NC(=O)COC(=O)c2ccc(S(N)(=O)=O)o2)c1. The highest BCUT2D eigenvalue weighted by Gasteiger charge is 2.19. The highest BCUT2D eigenvalue weighted by molar-refractivity contribution is 7.89. The quantitative estimate of drug-likeness (QED) is 0.571. The molecule has 1 aromatic carbocycles. The largest absolute Gasteiger partial charge is 0.450 e. The van der Waals surface area contributed by atoms with E-state index < -0.39 is 39.4 Å². The molecular formula is C15H14N2O7S. The average Bonchev–Trinajstić information content (AvgIpc) is 3.03. The summed E-state index contributed by atoms with van der Waals surface area (Å²) in [4.78, 5) is 34.8. The van der Waals surface area contributed by atoms with Gasteiger partial charge in [0, 0.05) is 11.3 Å². The molecule has 0 aliphatic carbocycles. The number of ether oxygens (including phenoxy) is 1. The second kappa shape index (κ2) is 7.28. The summed E-state index contributed by atoms with van der Waals surface area (Å²) >= 11 is 0. The minimum atomic E-state index is -4.08. The molecule has 9 nitrogen and oxygen atoms in total. The van der Waals surface area contributed by atoms with Gasteiger partial charge in [-0.2, -0.15) is 0 Å². The van der Waals surface area contributed by atoms with Gasteiger partial charge in [-0.15, -0.1) is 0 Å². The molecule has 3 N–H and O–H groups in total. The second-order valence-corrected chi connectivity index (χ2v) is 6.42. The van der Waals surface area contributed by atoms with Crippen molar-refractivity contribution in [3.63, 3.8) is 0 Å². The number of furan rings is 1. The molecule has 10 heteroatoms. The maximum absolute atomic E-state index is 11.8. The molecule has 0 bridgehead atoms. The summed E-state index contributed by atoms with van der Waals surface area (Å²) in [5.74, 6) is -2.24. The highest BCUT2D eigenvalue weighted by atomic mass is 32.2. The Kier molecular flexibility index (Phi) is 5.35. The first kappa shape index (κ1) is 18.4. The second-order valence-electron chi connectivity index (χ2n) is 4.92. The number of primary sulfonamides is 1. The van der Waals surface area contributed by atoms with E-state index >= 15 is 0 Å². The fourth-order valence-corrected chi connectivity index (χ4v) is 2.26. The number of hydrogen-bond acceptors (Lipinski definition) is 7. The normalized spacial score (nSPS) is 11.0. The third-order valence-electron chi connectivity index (χ3n) is 2.95. The van der Waals surface area contributed by atoms with Crippen LogP contribution in [0.2, 0.25) is 0 Å². The van der Waals surface area contributed by atoms with E-state index in [0.29, 0.717) is 11.3 Å². The Morgan fingerprint density at radius 3 is 2.52 bits per heavy atom. The van der Waals surface area contributed by atoms with Crippen LogP contribution in [0.25, 0.3) is 0 Å². The summed E-state index contributed by atoms with van der Waals surface area (Å²) in [6, 6.07) is 8.30. The van der Waals surface area contributed by atoms with E-state index in [9.17, 15) is 22.8 Å². The van der Waals surface area contributed by atoms with Crippen molar-refractivity contribution < 1.29 is 32.0 Å². The van der Waals surface area contributed by atoms with E-state index in [1.54, 1.807) is 18.2 Å². The molecule has 0 atom stereocenters. The van der Waals surface area contributed by atoms with Crippen LogP contribution in [0, 0.1) is 0 Å². The fraction of sp³-hybridized carbons (Fsp3) is 0.133. The first-order chi connectivity index (χ1) is 11.7. The van der Waals surface area contributed by atoms with Gasteiger partial charge in [-0.1, -0.05) is 12.1 Å². The lowest BCUT2D eigenvalue weighted by Gasteiger charge is -2.06. The van der Waals surface area contributed by atoms with Crippen LogP contribution in [0.15, 0.2) is 45.9 Å². The van der Waals surface area contributed by atoms with Crippen LogP contribution in [-0.4, -0.2) is 32.7 Å². The molecule has 0 saturated carbocycles. The van der Waals surface area contributed by atoms with Crippen molar-refractivity contribution in [1.82, 2.24) is 0 Å². The number of esters is 1. The molecule has 1 aromatic heterocycles. The molecular weight excluding hydrogens is 352 g/mol. The number of carbonyl (C=O) groups is 3. The van der Waals surface area contributed by atoms with Crippen molar-refractivity contribution >= 4 is 33.4 Å². The lowest BCUT2D eigenvalue weighted by Crippen LogP contribution is -2.21. The maximum Gasteiger partial charge on any atom is 0.374 e. The van der Waals surface area contributed by atoms with Gasteiger partial charge in [0.2, 0.25) is 10.9 Å². The van der Waals surface area contributed by atoms with E-state index in [4.69, 9.17) is 14.3 Å². The topological polar surface area (TPSA) is 146 Å². The third-order valence-corrected chi connectivity index (χ3v) is 3.73. The van der Waals surface area contributed by atoms with Crippen molar-refractivity contribution in [1.29, 1.82) is 0 Å². The Hall–Kier alpha value is -2.98. The molecule has 132 valence electrons. The minimum Gasteiger partial charge on any atom is -0.450 e. The number of nitrogens with two attached hydrogens (primary N) is 1. The number of amides is 1. The highest BCUT2D eigenvalue weighted by Crippen LogP contribution is 2.14. The zero-order valence-electron chi connectivity index (χ0n) is 13.0. The Morgan fingerprint density at radius 2 is 1.92 bits per heavy atom. The van der Waals surface area contributed by atoms with Gasteiger partial charge < -0.3 is 14.5 Å². The van der Waals surface area contributed by atoms with Gasteiger partial charge in [0.1, 0.15) is 0 Å². The minimum absolute atomic E-state index is 0.161. The molecule has 0 unspecified atom stereocenters. The maximum atomic E-state index is 11.8. The van der Waals surface area contributed by atoms with Crippen LogP contribution in [-0.2, 0) is 19.6 Å². The summed E-state index contributed by atoms with van der Waals surface area (Å²) in [6.07, 6.45) is 0. The Balaban J connectivity index is 1.93. The predicted molar refractivity (Wildman–Crippen MR) is 85.4 cm³/mol. The molecule has 0 saturated heterocycles. The molecule has 0 aliphatic rings. The van der Waals surface area contributed by atoms with Gasteiger partial charge in [0.15, 0.2) is 12.4 Å². The van der Waals surface area contributed by atoms with Crippen LogP contribution in [0.4, 0.5) is 5.69 Å². The first-order valence-electron chi connectivity index (χ1n) is 6.87. The molecule has 0 fully saturated rings. The van der Waals surface area contributed by atoms with Gasteiger partial charge >= 0.3 is 5.97 Å². The van der Waals surface area contributed by atoms with Crippen molar-refractivity contribution in [3.8, 4) is 0 Å². The predicted octanol–water partition coefficient (Wildman–Crippen LogP) is 0.925. The fourth-order valence-electron chi connectivity index (χ4n) is 1.80. The van der Waals surface area contributed by atoms with Crippen LogP contribution < -0.4 is 10.5 Å². The van der Waals surface area contributed by atoms with Crippen molar-refractivity contribution in [2.75, 3.05) is 11.9 Å². The molecule has 2 rings (SSSR count). The summed E-state index contributed by atoms with van der Waals surface area (Å²) in [7, 11) is -4.08. The number of sulfonamides is 1. The molecule has 0 radical (unpaired) electrons. The molecule has 2 aromatic rings. The monoisotopic (exact) mass is 366 g/mol. The van der Waals surface area contributed by atoms with Gasteiger partial charge in [-0.05, 0) is 31.2 Å². The van der Waals surface area contributed by atoms with Crippen molar-refractivity contribution in [2.24, 2.45) is 5.14 Å². The van der Waals surface area contributed by atoms with E-state index in [-0.39, 0.29) is 5.78 Å². The molecule has 0 aliphatic heterocycles. The Labute approximate surface area is 142 Å². The van der Waals surface area contributed by atoms with Gasteiger partial charge in [0.25, 0.3) is 15.9 Å². The Bertz CT molecular complexity index is 931. The number of rotatable bonds is 6. The Morgan fingerprint density at radius 1 is 1.20 bits per heavy atom. The number of nitrogens with one attached hydrogen (secondary N) is 1. The van der Waals surface area contributed by atoms with Crippen LogP contribution >= 0.6 is 0 Å². The van der Waals surface area contributed by atoms with Crippen LogP contribution in [0.1, 0.15) is 27.8 Å². The van der Waals surface area contributed by atoms with Gasteiger partial charge in [-0.25, -0.2) is 18.4 Å². The summed E-state index contributed by atoms with van der Waals surface area (Å²) in [6.45, 7) is 0.760. The number of Topliss-reactive ketones (excluding diaryl/α,β-unsaturated/α-hetero) is 1. The van der Waals surface area contributed by atoms with Crippen molar-refractivity contribution in [3.05, 3.63) is 47.7 Å². The molecule has 25 heavy (non-hydrogen) atoms. The zero-order valence-corrected chi connectivity index (χ0v) is 13.8. The third kappa shape index (κ3) is 4.99. The van der Waals surface area contributed by atoms with Gasteiger partial charge in [0.05, 0.1) is 0 Å². The van der Waals surface area contributed by atoms with Crippen LogP contribution in [0.3, 0.4) is 0 Å². The average molecular weight is 366 g/mol. The summed E-state index contributed by atoms with van der Waals surface area (Å²) < 4.78 is 31.6. The summed E-state index contributed by atoms with van der Waals surface area (Å²) in [5.41, 5.74) is 0.782. The number of carbonyl (C=O) groups excluding carboxylic acids is 3. The molecule has 1 amide bonds. The standard InChI is InChI=1S/C15H14N2O7S/c1-9(18)10-3-2-4-11(7-10)17-13(19)8-23-15(20)12-5-6-14(24-12)25(16,21)22/h2-7H,8H2,1H3,(H,17,19)(H2,16,21,22). The molecule has 0 spiro atoms. The van der Waals surface area contributed by atoms with E-state index in [0.717, 1.165) is 12.1 Å². The number of benzene rings is 1. The first-order valence-corrected chi connectivity index (χ1v) is 8.42. The van der Waals surface area contributed by atoms with E-state index in [1.165, 1.54) is 13.0 Å². The summed E-state index contributed by atoms with van der Waals surface area (Å²) in [5, 5.41) is 6.72. The number of anilines is 1.